The highest BCUT2D eigenvalue weighted by molar-refractivity contribution is 5.76. The molecule has 0 spiro atoms. The van der Waals surface area contributed by atoms with E-state index in [1.54, 1.807) is 0 Å². The van der Waals surface area contributed by atoms with Gasteiger partial charge in [0.2, 0.25) is 5.91 Å². The first-order valence-electron chi connectivity index (χ1n) is 12.9. The van der Waals surface area contributed by atoms with Crippen molar-refractivity contribution in [3.8, 4) is 0 Å². The minimum absolute atomic E-state index is 0. The second kappa shape index (κ2) is 20.0. The van der Waals surface area contributed by atoms with E-state index >= 15 is 0 Å². The first kappa shape index (κ1) is 30.4. The molecule has 1 atom stereocenters. The van der Waals surface area contributed by atoms with Gasteiger partial charge in [-0.2, -0.15) is 0 Å². The van der Waals surface area contributed by atoms with E-state index in [9.17, 15) is 4.79 Å². The topological polar surface area (TPSA) is 38.8 Å². The van der Waals surface area contributed by atoms with E-state index in [1.807, 2.05) is 0 Å². The zero-order chi connectivity index (χ0) is 22.0. The Morgan fingerprint density at radius 2 is 1.32 bits per heavy atom. The average Bonchev–Trinajstić information content (AvgIpc) is 2.72. The second-order valence-electron chi connectivity index (χ2n) is 9.62. The number of unbranched alkanes of at least 4 members (excludes halogenated alkanes) is 6. The highest BCUT2D eigenvalue weighted by Crippen LogP contribution is 2.15. The van der Waals surface area contributed by atoms with Crippen LogP contribution in [0.2, 0.25) is 0 Å². The van der Waals surface area contributed by atoms with Crippen LogP contribution in [0.1, 0.15) is 97.8 Å². The van der Waals surface area contributed by atoms with Crippen LogP contribution in [0.25, 0.3) is 0 Å². The van der Waals surface area contributed by atoms with Crippen molar-refractivity contribution in [2.45, 2.75) is 104 Å². The number of carbonyl (C=O) groups is 1. The summed E-state index contributed by atoms with van der Waals surface area (Å²) >= 11 is 0. The summed E-state index contributed by atoms with van der Waals surface area (Å²) < 4.78 is 0. The van der Waals surface area contributed by atoms with E-state index in [-0.39, 0.29) is 13.3 Å². The Bertz CT molecular complexity index is 418. The van der Waals surface area contributed by atoms with Gasteiger partial charge in [-0.1, -0.05) is 59.3 Å². The fraction of sp³-hybridized carbons (Fsp3) is 0.962. The molecule has 1 saturated heterocycles. The predicted octanol–water partition coefficient (Wildman–Crippen LogP) is 5.01. The van der Waals surface area contributed by atoms with Crippen molar-refractivity contribution in [1.29, 1.82) is 0 Å². The van der Waals surface area contributed by atoms with Crippen LogP contribution in [0.4, 0.5) is 0 Å². The third kappa shape index (κ3) is 16.6. The molecule has 0 aromatic carbocycles. The monoisotopic (exact) mass is 440 g/mol. The van der Waals surface area contributed by atoms with E-state index in [1.165, 1.54) is 70.8 Å². The fourth-order valence-corrected chi connectivity index (χ4v) is 4.44. The number of hydrogen-bond donors (Lipinski definition) is 1. The molecule has 0 bridgehead atoms. The molecule has 1 fully saturated rings. The summed E-state index contributed by atoms with van der Waals surface area (Å²) in [6.07, 6.45) is 15.9. The molecule has 1 amide bonds. The highest BCUT2D eigenvalue weighted by Gasteiger charge is 2.18. The summed E-state index contributed by atoms with van der Waals surface area (Å²) in [7, 11) is 6.68. The fourth-order valence-electron chi connectivity index (χ4n) is 4.44. The van der Waals surface area contributed by atoms with Crippen LogP contribution in [-0.2, 0) is 4.79 Å². The Kier molecular flexibility index (Phi) is 19.6. The molecule has 0 aromatic heterocycles. The summed E-state index contributed by atoms with van der Waals surface area (Å²) in [4.78, 5) is 19.9. The van der Waals surface area contributed by atoms with Gasteiger partial charge in [-0.05, 0) is 86.0 Å². The lowest BCUT2D eigenvalue weighted by molar-refractivity contribution is -0.122. The number of nitrogens with zero attached hydrogens (tertiary/aromatic N) is 3. The van der Waals surface area contributed by atoms with E-state index < -0.39 is 0 Å². The Morgan fingerprint density at radius 1 is 0.774 bits per heavy atom. The van der Waals surface area contributed by atoms with Crippen LogP contribution >= 0.6 is 0 Å². The molecule has 1 heterocycles. The van der Waals surface area contributed by atoms with Crippen LogP contribution in [0.3, 0.4) is 0 Å². The van der Waals surface area contributed by atoms with Gasteiger partial charge in [-0.3, -0.25) is 4.79 Å². The SMILES string of the molecule is C.CCCCCCCCCC1CC(=O)NCCCN(C)CCCCN(C)CCCN1C. The number of amides is 1. The molecule has 31 heavy (non-hydrogen) atoms. The van der Waals surface area contributed by atoms with Gasteiger partial charge < -0.3 is 20.0 Å². The lowest BCUT2D eigenvalue weighted by Gasteiger charge is -2.28. The van der Waals surface area contributed by atoms with Crippen LogP contribution in [0.15, 0.2) is 0 Å². The molecular formula is C26H56N4O. The van der Waals surface area contributed by atoms with Gasteiger partial charge in [-0.15, -0.1) is 0 Å². The van der Waals surface area contributed by atoms with Crippen molar-refractivity contribution in [1.82, 2.24) is 20.0 Å². The summed E-state index contributed by atoms with van der Waals surface area (Å²) in [5.74, 6) is 0.235. The summed E-state index contributed by atoms with van der Waals surface area (Å²) in [5, 5.41) is 3.18. The van der Waals surface area contributed by atoms with Gasteiger partial charge in [0.1, 0.15) is 0 Å². The molecule has 186 valence electrons. The van der Waals surface area contributed by atoms with Crippen molar-refractivity contribution in [3.63, 3.8) is 0 Å². The molecule has 5 nitrogen and oxygen atoms in total. The van der Waals surface area contributed by atoms with Gasteiger partial charge in [-0.25, -0.2) is 0 Å². The summed E-state index contributed by atoms with van der Waals surface area (Å²) in [6.45, 7) is 8.73. The molecule has 5 heteroatoms. The first-order valence-corrected chi connectivity index (χ1v) is 12.9. The van der Waals surface area contributed by atoms with Crippen molar-refractivity contribution < 1.29 is 4.79 Å². The maximum absolute atomic E-state index is 12.6. The van der Waals surface area contributed by atoms with Crippen molar-refractivity contribution in [2.75, 3.05) is 60.4 Å². The van der Waals surface area contributed by atoms with Crippen molar-refractivity contribution in [2.24, 2.45) is 0 Å². The summed E-state index contributed by atoms with van der Waals surface area (Å²) in [6, 6.07) is 0.379. The first-order chi connectivity index (χ1) is 14.5. The molecule has 1 aliphatic rings. The standard InChI is InChI=1S/C25H52N4O.CH4/c1-5-6-7-8-9-10-11-16-24-23-25(30)26-17-14-20-27(2)18-12-13-19-28(3)21-15-22-29(24)4;/h24H,5-23H2,1-4H3,(H,26,30);1H4. The molecule has 1 rings (SSSR count). The minimum atomic E-state index is 0. The van der Waals surface area contributed by atoms with Crippen molar-refractivity contribution in [3.05, 3.63) is 0 Å². The normalized spacial score (nSPS) is 22.5. The third-order valence-electron chi connectivity index (χ3n) is 6.60. The van der Waals surface area contributed by atoms with Gasteiger partial charge in [0.15, 0.2) is 0 Å². The van der Waals surface area contributed by atoms with Crippen LogP contribution in [0.5, 0.6) is 0 Å². The van der Waals surface area contributed by atoms with Gasteiger partial charge in [0.25, 0.3) is 0 Å². The maximum Gasteiger partial charge on any atom is 0.221 e. The van der Waals surface area contributed by atoms with Gasteiger partial charge in [0.05, 0.1) is 0 Å². The molecular weight excluding hydrogens is 384 g/mol. The lowest BCUT2D eigenvalue weighted by atomic mass is 10.0. The second-order valence-corrected chi connectivity index (χ2v) is 9.62. The van der Waals surface area contributed by atoms with Crippen molar-refractivity contribution >= 4 is 5.91 Å². The number of carbonyl (C=O) groups excluding carboxylic acids is 1. The molecule has 1 aliphatic heterocycles. The highest BCUT2D eigenvalue weighted by atomic mass is 16.1. The summed E-state index contributed by atoms with van der Waals surface area (Å²) in [5.41, 5.74) is 0. The smallest absolute Gasteiger partial charge is 0.221 e. The Hall–Kier alpha value is -0.650. The molecule has 0 radical (unpaired) electrons. The quantitative estimate of drug-likeness (QED) is 0.539. The molecule has 0 saturated carbocycles. The minimum Gasteiger partial charge on any atom is -0.356 e. The predicted molar refractivity (Wildman–Crippen MR) is 137 cm³/mol. The molecule has 1 unspecified atom stereocenters. The van der Waals surface area contributed by atoms with Crippen LogP contribution < -0.4 is 5.32 Å². The average molecular weight is 441 g/mol. The molecule has 0 aliphatic carbocycles. The zero-order valence-electron chi connectivity index (χ0n) is 20.8. The number of rotatable bonds is 8. The van der Waals surface area contributed by atoms with E-state index in [0.717, 1.165) is 45.6 Å². The largest absolute Gasteiger partial charge is 0.356 e. The van der Waals surface area contributed by atoms with E-state index in [4.69, 9.17) is 0 Å². The van der Waals surface area contributed by atoms with Crippen LogP contribution in [0, 0.1) is 0 Å². The third-order valence-corrected chi connectivity index (χ3v) is 6.60. The van der Waals surface area contributed by atoms with Gasteiger partial charge in [0, 0.05) is 19.0 Å². The Morgan fingerprint density at radius 3 is 1.97 bits per heavy atom. The van der Waals surface area contributed by atoms with Gasteiger partial charge >= 0.3 is 0 Å². The Labute approximate surface area is 195 Å². The van der Waals surface area contributed by atoms with E-state index in [2.05, 4.69) is 48.1 Å². The maximum atomic E-state index is 12.6. The van der Waals surface area contributed by atoms with Crippen LogP contribution in [-0.4, -0.2) is 87.1 Å². The lowest BCUT2D eigenvalue weighted by Crippen LogP contribution is -2.39. The molecule has 1 N–H and O–H groups in total. The molecule has 0 aromatic rings. The Balaban J connectivity index is 0.00000900. The number of hydrogen-bond acceptors (Lipinski definition) is 4. The van der Waals surface area contributed by atoms with E-state index in [0.29, 0.717) is 12.5 Å². The zero-order valence-corrected chi connectivity index (χ0v) is 20.8. The number of nitrogens with one attached hydrogen (secondary N) is 1.